The summed E-state index contributed by atoms with van der Waals surface area (Å²) in [6.45, 7) is 4.23. The molecule has 0 saturated carbocycles. The number of nitriles is 1. The van der Waals surface area contributed by atoms with Gasteiger partial charge in [-0.3, -0.25) is 0 Å². The largest absolute Gasteiger partial charge is 0.392 e. The van der Waals surface area contributed by atoms with E-state index in [1.54, 1.807) is 0 Å². The fraction of sp³-hybridized carbons (Fsp3) is 0.267. The molecule has 1 aromatic heterocycles. The van der Waals surface area contributed by atoms with E-state index >= 15 is 0 Å². The van der Waals surface area contributed by atoms with E-state index in [0.29, 0.717) is 17.9 Å². The summed E-state index contributed by atoms with van der Waals surface area (Å²) in [7, 11) is 0. The van der Waals surface area contributed by atoms with Gasteiger partial charge in [0, 0.05) is 6.54 Å². The van der Waals surface area contributed by atoms with Crippen LogP contribution in [0.5, 0.6) is 0 Å². The first-order valence-electron chi connectivity index (χ1n) is 6.32. The summed E-state index contributed by atoms with van der Waals surface area (Å²) in [4.78, 5) is 0. The molecular formula is C15H16N4O. The van der Waals surface area contributed by atoms with E-state index in [9.17, 15) is 5.26 Å². The van der Waals surface area contributed by atoms with Gasteiger partial charge in [-0.25, -0.2) is 0 Å². The van der Waals surface area contributed by atoms with Crippen molar-refractivity contribution < 1.29 is 5.11 Å². The van der Waals surface area contributed by atoms with Gasteiger partial charge >= 0.3 is 0 Å². The molecule has 0 aliphatic carbocycles. The average molecular weight is 268 g/mol. The molecule has 2 N–H and O–H groups in total. The zero-order valence-corrected chi connectivity index (χ0v) is 11.5. The third kappa shape index (κ3) is 2.92. The van der Waals surface area contributed by atoms with E-state index in [0.717, 1.165) is 22.4 Å². The van der Waals surface area contributed by atoms with Gasteiger partial charge in [0.1, 0.15) is 11.6 Å². The monoisotopic (exact) mass is 268 g/mol. The maximum atomic E-state index is 9.21. The third-order valence-electron chi connectivity index (χ3n) is 3.20. The number of hydrogen-bond donors (Lipinski definition) is 2. The minimum atomic E-state index is 0.0146. The Morgan fingerprint density at radius 3 is 2.70 bits per heavy atom. The van der Waals surface area contributed by atoms with Crippen LogP contribution in [0.3, 0.4) is 0 Å². The predicted octanol–water partition coefficient (Wildman–Crippen LogP) is 2.07. The van der Waals surface area contributed by atoms with Crippen molar-refractivity contribution in [3.63, 3.8) is 0 Å². The molecule has 0 aliphatic rings. The smallest absolute Gasteiger partial charge is 0.167 e. The first-order chi connectivity index (χ1) is 9.65. The molecule has 0 saturated heterocycles. The van der Waals surface area contributed by atoms with Crippen molar-refractivity contribution >= 4 is 5.82 Å². The summed E-state index contributed by atoms with van der Waals surface area (Å²) in [5, 5.41) is 29.5. The lowest BCUT2D eigenvalue weighted by atomic mass is 10.1. The summed E-state index contributed by atoms with van der Waals surface area (Å²) in [5.74, 6) is 0.491. The number of rotatable bonds is 4. The van der Waals surface area contributed by atoms with Gasteiger partial charge in [0.05, 0.1) is 12.3 Å². The van der Waals surface area contributed by atoms with E-state index in [1.165, 1.54) is 0 Å². The third-order valence-corrected chi connectivity index (χ3v) is 3.20. The molecule has 0 aliphatic heterocycles. The van der Waals surface area contributed by atoms with Crippen LogP contribution in [0.4, 0.5) is 5.82 Å². The topological polar surface area (TPSA) is 81.8 Å². The minimum absolute atomic E-state index is 0.0146. The molecule has 0 spiro atoms. The zero-order chi connectivity index (χ0) is 14.5. The van der Waals surface area contributed by atoms with Crippen LogP contribution >= 0.6 is 0 Å². The molecule has 0 radical (unpaired) electrons. The number of aliphatic hydroxyl groups excluding tert-OH is 1. The zero-order valence-electron chi connectivity index (χ0n) is 11.5. The highest BCUT2D eigenvalue weighted by atomic mass is 16.3. The normalized spacial score (nSPS) is 10.1. The average Bonchev–Trinajstić information content (AvgIpc) is 2.48. The van der Waals surface area contributed by atoms with Crippen molar-refractivity contribution in [2.24, 2.45) is 0 Å². The second-order valence-electron chi connectivity index (χ2n) is 4.58. The summed E-state index contributed by atoms with van der Waals surface area (Å²) in [5.41, 5.74) is 4.00. The van der Waals surface area contributed by atoms with E-state index < -0.39 is 0 Å². The van der Waals surface area contributed by atoms with Gasteiger partial charge in [0.2, 0.25) is 0 Å². The van der Waals surface area contributed by atoms with Crippen molar-refractivity contribution in [3.8, 4) is 6.07 Å². The van der Waals surface area contributed by atoms with Gasteiger partial charge in [0.15, 0.2) is 5.82 Å². The van der Waals surface area contributed by atoms with Gasteiger partial charge in [-0.15, -0.1) is 5.10 Å². The summed E-state index contributed by atoms with van der Waals surface area (Å²) in [6, 6.07) is 9.77. The highest BCUT2D eigenvalue weighted by Gasteiger charge is 2.10. The molecule has 20 heavy (non-hydrogen) atoms. The van der Waals surface area contributed by atoms with Gasteiger partial charge in [-0.1, -0.05) is 24.3 Å². The predicted molar refractivity (Wildman–Crippen MR) is 75.9 cm³/mol. The number of aromatic nitrogens is 2. The number of nitrogens with zero attached hydrogens (tertiary/aromatic N) is 3. The van der Waals surface area contributed by atoms with Gasteiger partial charge in [0.25, 0.3) is 0 Å². The van der Waals surface area contributed by atoms with Crippen LogP contribution in [0, 0.1) is 25.2 Å². The van der Waals surface area contributed by atoms with Crippen molar-refractivity contribution in [3.05, 3.63) is 52.2 Å². The quantitative estimate of drug-likeness (QED) is 0.887. The standard InChI is InChI=1S/C15H16N4O/c1-10-11(2)18-19-15(14(10)7-16)17-8-12-4-3-5-13(6-12)9-20/h3-6,20H,8-9H2,1-2H3,(H,17,19). The Morgan fingerprint density at radius 2 is 2.00 bits per heavy atom. The number of aryl methyl sites for hydroxylation is 1. The van der Waals surface area contributed by atoms with Crippen LogP contribution in [-0.4, -0.2) is 15.3 Å². The Hall–Kier alpha value is -2.45. The lowest BCUT2D eigenvalue weighted by Gasteiger charge is -2.10. The van der Waals surface area contributed by atoms with E-state index in [4.69, 9.17) is 5.11 Å². The second-order valence-corrected chi connectivity index (χ2v) is 4.58. The Morgan fingerprint density at radius 1 is 1.25 bits per heavy atom. The molecule has 0 unspecified atom stereocenters. The highest BCUT2D eigenvalue weighted by molar-refractivity contribution is 5.55. The number of benzene rings is 1. The molecule has 2 rings (SSSR count). The molecule has 0 atom stereocenters. The van der Waals surface area contributed by atoms with E-state index in [1.807, 2.05) is 38.1 Å². The minimum Gasteiger partial charge on any atom is -0.392 e. The van der Waals surface area contributed by atoms with Crippen molar-refractivity contribution in [2.75, 3.05) is 5.32 Å². The molecule has 0 fully saturated rings. The van der Waals surface area contributed by atoms with Crippen LogP contribution in [0.25, 0.3) is 0 Å². The van der Waals surface area contributed by atoms with Crippen molar-refractivity contribution in [2.45, 2.75) is 27.0 Å². The van der Waals surface area contributed by atoms with E-state index in [2.05, 4.69) is 21.6 Å². The molecule has 2 aromatic rings. The number of anilines is 1. The first-order valence-corrected chi connectivity index (χ1v) is 6.32. The Bertz CT molecular complexity index is 661. The van der Waals surface area contributed by atoms with Crippen LogP contribution < -0.4 is 5.32 Å². The summed E-state index contributed by atoms with van der Waals surface area (Å²) in [6.07, 6.45) is 0. The van der Waals surface area contributed by atoms with Crippen LogP contribution in [0.15, 0.2) is 24.3 Å². The second kappa shape index (κ2) is 6.13. The molecule has 0 amide bonds. The number of nitrogens with one attached hydrogen (secondary N) is 1. The number of aliphatic hydroxyl groups is 1. The summed E-state index contributed by atoms with van der Waals surface area (Å²) < 4.78 is 0. The molecule has 1 aromatic carbocycles. The first kappa shape index (κ1) is 14.0. The van der Waals surface area contributed by atoms with Gasteiger partial charge in [-0.2, -0.15) is 10.4 Å². The SMILES string of the molecule is Cc1nnc(NCc2cccc(CO)c2)c(C#N)c1C. The molecule has 102 valence electrons. The maximum absolute atomic E-state index is 9.21. The lowest BCUT2D eigenvalue weighted by Crippen LogP contribution is -2.07. The Labute approximate surface area is 117 Å². The summed E-state index contributed by atoms with van der Waals surface area (Å²) >= 11 is 0. The van der Waals surface area contributed by atoms with Crippen LogP contribution in [0.2, 0.25) is 0 Å². The molecule has 0 bridgehead atoms. The van der Waals surface area contributed by atoms with Crippen molar-refractivity contribution in [1.82, 2.24) is 10.2 Å². The van der Waals surface area contributed by atoms with Crippen molar-refractivity contribution in [1.29, 1.82) is 5.26 Å². The lowest BCUT2D eigenvalue weighted by molar-refractivity contribution is 0.281. The fourth-order valence-corrected chi connectivity index (χ4v) is 1.89. The molecule has 5 heteroatoms. The Kier molecular flexibility index (Phi) is 4.28. The number of hydrogen-bond acceptors (Lipinski definition) is 5. The molecular weight excluding hydrogens is 252 g/mol. The highest BCUT2D eigenvalue weighted by Crippen LogP contribution is 2.18. The molecule has 5 nitrogen and oxygen atoms in total. The van der Waals surface area contributed by atoms with Crippen LogP contribution in [-0.2, 0) is 13.2 Å². The fourth-order valence-electron chi connectivity index (χ4n) is 1.89. The maximum Gasteiger partial charge on any atom is 0.167 e. The van der Waals surface area contributed by atoms with E-state index in [-0.39, 0.29) is 6.61 Å². The van der Waals surface area contributed by atoms with Gasteiger partial charge < -0.3 is 10.4 Å². The molecule has 1 heterocycles. The van der Waals surface area contributed by atoms with Crippen LogP contribution in [0.1, 0.15) is 27.9 Å². The van der Waals surface area contributed by atoms with Gasteiger partial charge in [-0.05, 0) is 30.5 Å². The Balaban J connectivity index is 2.19.